The van der Waals surface area contributed by atoms with Gasteiger partial charge in [0.2, 0.25) is 5.91 Å². The number of benzene rings is 1. The van der Waals surface area contributed by atoms with Crippen LogP contribution in [0.15, 0.2) is 24.3 Å². The number of fused-ring (bicyclic) bond motifs is 1. The number of amides is 3. The van der Waals surface area contributed by atoms with Crippen molar-refractivity contribution in [3.8, 4) is 0 Å². The minimum absolute atomic E-state index is 0.0466. The molecule has 3 aliphatic rings. The highest BCUT2D eigenvalue weighted by molar-refractivity contribution is 5.88. The third-order valence-electron chi connectivity index (χ3n) is 6.55. The largest absolute Gasteiger partial charge is 0.334 e. The van der Waals surface area contributed by atoms with Crippen LogP contribution in [-0.2, 0) is 4.79 Å². The Morgan fingerprint density at radius 3 is 2.71 bits per heavy atom. The molecule has 152 valence electrons. The summed E-state index contributed by atoms with van der Waals surface area (Å²) in [6.07, 6.45) is 2.62. The van der Waals surface area contributed by atoms with Gasteiger partial charge in [-0.05, 0) is 68.8 Å². The van der Waals surface area contributed by atoms with Gasteiger partial charge in [-0.3, -0.25) is 4.79 Å². The molecule has 0 spiro atoms. The van der Waals surface area contributed by atoms with Crippen LogP contribution < -0.4 is 10.6 Å². The van der Waals surface area contributed by atoms with Crippen molar-refractivity contribution in [1.82, 2.24) is 20.4 Å². The summed E-state index contributed by atoms with van der Waals surface area (Å²) >= 11 is 0. The summed E-state index contributed by atoms with van der Waals surface area (Å²) in [4.78, 5) is 29.5. The zero-order chi connectivity index (χ0) is 19.7. The Bertz CT molecular complexity index is 712. The summed E-state index contributed by atoms with van der Waals surface area (Å²) in [7, 11) is 0. The Balaban J connectivity index is 1.37. The molecule has 3 fully saturated rings. The molecule has 4 atom stereocenters. The highest BCUT2D eigenvalue weighted by Crippen LogP contribution is 2.29. The van der Waals surface area contributed by atoms with E-state index in [2.05, 4.69) is 10.6 Å². The maximum absolute atomic E-state index is 13.2. The van der Waals surface area contributed by atoms with Crippen LogP contribution in [0.3, 0.4) is 0 Å². The lowest BCUT2D eigenvalue weighted by atomic mass is 9.90. The summed E-state index contributed by atoms with van der Waals surface area (Å²) in [5.41, 5.74) is 0.901. The second-order valence-electron chi connectivity index (χ2n) is 8.32. The molecule has 6 nitrogen and oxygen atoms in total. The lowest BCUT2D eigenvalue weighted by molar-refractivity contribution is -0.138. The molecule has 3 saturated heterocycles. The standard InChI is InChI=1S/C21H29FN4O2/c1-14(15-4-6-18(22)7-5-15)26-10-2-3-19(20(26)27)24-21(28)25-12-16-8-9-23-11-17(16)13-25/h4-7,14,16-17,19,23H,2-3,8-13H2,1H3,(H,24,28)/t14?,16-,17+,19?/m0/s1. The van der Waals surface area contributed by atoms with Gasteiger partial charge in [0.15, 0.2) is 0 Å². The van der Waals surface area contributed by atoms with Gasteiger partial charge in [-0.25, -0.2) is 9.18 Å². The Morgan fingerprint density at radius 2 is 1.96 bits per heavy atom. The summed E-state index contributed by atoms with van der Waals surface area (Å²) in [5, 5.41) is 6.38. The predicted molar refractivity (Wildman–Crippen MR) is 104 cm³/mol. The van der Waals surface area contributed by atoms with E-state index >= 15 is 0 Å². The van der Waals surface area contributed by atoms with Gasteiger partial charge in [-0.2, -0.15) is 0 Å². The monoisotopic (exact) mass is 388 g/mol. The molecular weight excluding hydrogens is 359 g/mol. The fourth-order valence-electron chi connectivity index (χ4n) is 4.82. The maximum Gasteiger partial charge on any atom is 0.318 e. The number of nitrogens with one attached hydrogen (secondary N) is 2. The minimum Gasteiger partial charge on any atom is -0.334 e. The minimum atomic E-state index is -0.482. The first-order valence-electron chi connectivity index (χ1n) is 10.3. The summed E-state index contributed by atoms with van der Waals surface area (Å²) in [5.74, 6) is 0.766. The van der Waals surface area contributed by atoms with Crippen molar-refractivity contribution in [2.75, 3.05) is 32.7 Å². The average Bonchev–Trinajstić information content (AvgIpc) is 3.14. The van der Waals surface area contributed by atoms with Crippen molar-refractivity contribution >= 4 is 11.9 Å². The topological polar surface area (TPSA) is 64.7 Å². The molecule has 7 heteroatoms. The predicted octanol–water partition coefficient (Wildman–Crippen LogP) is 2.13. The van der Waals surface area contributed by atoms with Gasteiger partial charge >= 0.3 is 6.03 Å². The molecule has 0 aliphatic carbocycles. The third-order valence-corrected chi connectivity index (χ3v) is 6.55. The van der Waals surface area contributed by atoms with E-state index in [4.69, 9.17) is 0 Å². The van der Waals surface area contributed by atoms with Crippen LogP contribution in [-0.4, -0.2) is 60.5 Å². The maximum atomic E-state index is 13.2. The summed E-state index contributed by atoms with van der Waals surface area (Å²) < 4.78 is 13.2. The number of urea groups is 1. The van der Waals surface area contributed by atoms with Crippen LogP contribution >= 0.6 is 0 Å². The van der Waals surface area contributed by atoms with Crippen LogP contribution in [0.1, 0.15) is 37.8 Å². The number of carbonyl (C=O) groups is 2. The van der Waals surface area contributed by atoms with Gasteiger partial charge in [0, 0.05) is 19.6 Å². The molecule has 3 amide bonds. The molecule has 3 aliphatic heterocycles. The molecule has 0 aromatic heterocycles. The van der Waals surface area contributed by atoms with Crippen molar-refractivity contribution in [3.63, 3.8) is 0 Å². The van der Waals surface area contributed by atoms with Crippen molar-refractivity contribution in [2.24, 2.45) is 11.8 Å². The molecule has 28 heavy (non-hydrogen) atoms. The molecule has 0 saturated carbocycles. The highest BCUT2D eigenvalue weighted by Gasteiger charge is 2.39. The molecular formula is C21H29FN4O2. The van der Waals surface area contributed by atoms with Crippen LogP contribution in [0, 0.1) is 17.7 Å². The molecule has 4 rings (SSSR count). The van der Waals surface area contributed by atoms with Crippen LogP contribution in [0.4, 0.5) is 9.18 Å². The normalized spacial score (nSPS) is 28.8. The second kappa shape index (κ2) is 8.07. The second-order valence-corrected chi connectivity index (χ2v) is 8.32. The van der Waals surface area contributed by atoms with Crippen molar-refractivity contribution in [1.29, 1.82) is 0 Å². The van der Waals surface area contributed by atoms with E-state index in [1.807, 2.05) is 11.8 Å². The Hall–Kier alpha value is -2.15. The number of hydrogen-bond acceptors (Lipinski definition) is 3. The van der Waals surface area contributed by atoms with Crippen molar-refractivity contribution in [2.45, 2.75) is 38.3 Å². The van der Waals surface area contributed by atoms with Crippen molar-refractivity contribution in [3.05, 3.63) is 35.6 Å². The fourth-order valence-corrected chi connectivity index (χ4v) is 4.82. The van der Waals surface area contributed by atoms with E-state index in [0.717, 1.165) is 44.6 Å². The van der Waals surface area contributed by atoms with Gasteiger partial charge in [-0.1, -0.05) is 12.1 Å². The first-order chi connectivity index (χ1) is 13.5. The number of piperidine rings is 2. The highest BCUT2D eigenvalue weighted by atomic mass is 19.1. The zero-order valence-electron chi connectivity index (χ0n) is 16.4. The first-order valence-corrected chi connectivity index (χ1v) is 10.3. The first kappa shape index (κ1) is 19.2. The number of rotatable bonds is 3. The van der Waals surface area contributed by atoms with E-state index in [9.17, 15) is 14.0 Å². The molecule has 2 N–H and O–H groups in total. The molecule has 0 bridgehead atoms. The number of likely N-dealkylation sites (tertiary alicyclic amines) is 2. The molecule has 0 radical (unpaired) electrons. The van der Waals surface area contributed by atoms with Crippen LogP contribution in [0.2, 0.25) is 0 Å². The third kappa shape index (κ3) is 3.85. The smallest absolute Gasteiger partial charge is 0.318 e. The summed E-state index contributed by atoms with van der Waals surface area (Å²) in [6.45, 7) is 6.15. The van der Waals surface area contributed by atoms with Crippen LogP contribution in [0.25, 0.3) is 0 Å². The number of nitrogens with zero attached hydrogens (tertiary/aromatic N) is 2. The number of halogens is 1. The Labute approximate surface area is 165 Å². The SMILES string of the molecule is CC(c1ccc(F)cc1)N1CCCC(NC(=O)N2C[C@H]3CNCC[C@H]3C2)C1=O. The zero-order valence-corrected chi connectivity index (χ0v) is 16.4. The van der Waals surface area contributed by atoms with Gasteiger partial charge in [0.05, 0.1) is 6.04 Å². The van der Waals surface area contributed by atoms with Gasteiger partial charge in [0.25, 0.3) is 0 Å². The quantitative estimate of drug-likeness (QED) is 0.834. The molecule has 1 aromatic rings. The number of hydrogen-bond donors (Lipinski definition) is 2. The molecule has 3 heterocycles. The van der Waals surface area contributed by atoms with Gasteiger partial charge in [0.1, 0.15) is 11.9 Å². The van der Waals surface area contributed by atoms with E-state index < -0.39 is 6.04 Å². The van der Waals surface area contributed by atoms with E-state index in [1.54, 1.807) is 17.0 Å². The van der Waals surface area contributed by atoms with Crippen LogP contribution in [0.5, 0.6) is 0 Å². The lowest BCUT2D eigenvalue weighted by Crippen LogP contribution is -2.55. The Morgan fingerprint density at radius 1 is 1.21 bits per heavy atom. The van der Waals surface area contributed by atoms with Gasteiger partial charge < -0.3 is 20.4 Å². The Kier molecular flexibility index (Phi) is 5.53. The van der Waals surface area contributed by atoms with E-state index in [0.29, 0.717) is 24.8 Å². The van der Waals surface area contributed by atoms with E-state index in [1.165, 1.54) is 12.1 Å². The molecule has 2 unspecified atom stereocenters. The fraction of sp³-hybridized carbons (Fsp3) is 0.619. The molecule has 1 aromatic carbocycles. The summed E-state index contributed by atoms with van der Waals surface area (Å²) in [6, 6.07) is 5.52. The lowest BCUT2D eigenvalue weighted by Gasteiger charge is -2.37. The van der Waals surface area contributed by atoms with Crippen molar-refractivity contribution < 1.29 is 14.0 Å². The number of carbonyl (C=O) groups excluding carboxylic acids is 2. The average molecular weight is 388 g/mol. The van der Waals surface area contributed by atoms with Gasteiger partial charge in [-0.15, -0.1) is 0 Å². The van der Waals surface area contributed by atoms with E-state index in [-0.39, 0.29) is 23.8 Å².